The van der Waals surface area contributed by atoms with E-state index in [0.717, 1.165) is 22.9 Å². The Kier molecular flexibility index (Phi) is 5.81. The number of rotatable bonds is 6. The number of anilines is 1. The number of aryl methyl sites for hydroxylation is 2. The molecular weight excluding hydrogens is 432 g/mol. The first-order chi connectivity index (χ1) is 14.9. The van der Waals surface area contributed by atoms with Crippen LogP contribution >= 0.6 is 11.7 Å². The van der Waals surface area contributed by atoms with Gasteiger partial charge in [0, 0.05) is 5.69 Å². The number of carbonyl (C=O) groups is 1. The van der Waals surface area contributed by atoms with Crippen LogP contribution < -0.4 is 10.0 Å². The lowest BCUT2D eigenvalue weighted by Crippen LogP contribution is -2.37. The molecule has 158 valence electrons. The van der Waals surface area contributed by atoms with Crippen molar-refractivity contribution in [2.45, 2.75) is 24.8 Å². The Balaban J connectivity index is 1.72. The van der Waals surface area contributed by atoms with Crippen LogP contribution in [0.25, 0.3) is 11.0 Å². The van der Waals surface area contributed by atoms with Crippen molar-refractivity contribution in [3.05, 3.63) is 83.4 Å². The first-order valence-electron chi connectivity index (χ1n) is 9.52. The standard InChI is InChI=1S/C22H20N4O3S2/c1-14-8-6-9-15(2)19(14)23-22(27)20(16-10-4-3-5-11-16)26-31(28,29)18-13-7-12-17-21(18)25-30-24-17/h3-13,20,26H,1-2H3,(H,23,27)/t20-/m0/s1. The molecule has 0 aliphatic rings. The molecule has 0 aliphatic heterocycles. The van der Waals surface area contributed by atoms with E-state index in [1.54, 1.807) is 42.5 Å². The monoisotopic (exact) mass is 452 g/mol. The minimum Gasteiger partial charge on any atom is -0.324 e. The van der Waals surface area contributed by atoms with Crippen molar-refractivity contribution in [1.82, 2.24) is 13.5 Å². The molecule has 3 aromatic carbocycles. The molecule has 1 atom stereocenters. The van der Waals surface area contributed by atoms with Crippen LogP contribution in [0.4, 0.5) is 5.69 Å². The summed E-state index contributed by atoms with van der Waals surface area (Å²) in [6.45, 7) is 3.78. The second-order valence-corrected chi connectivity index (χ2v) is 9.32. The molecule has 9 heteroatoms. The molecule has 7 nitrogen and oxygen atoms in total. The van der Waals surface area contributed by atoms with Gasteiger partial charge in [-0.1, -0.05) is 54.6 Å². The third kappa shape index (κ3) is 4.34. The quantitative estimate of drug-likeness (QED) is 0.461. The highest BCUT2D eigenvalue weighted by Gasteiger charge is 2.29. The van der Waals surface area contributed by atoms with Gasteiger partial charge in [-0.05, 0) is 42.7 Å². The average Bonchev–Trinajstić information content (AvgIpc) is 3.24. The summed E-state index contributed by atoms with van der Waals surface area (Å²) in [5.74, 6) is -0.476. The van der Waals surface area contributed by atoms with Crippen molar-refractivity contribution >= 4 is 44.4 Å². The van der Waals surface area contributed by atoms with E-state index in [-0.39, 0.29) is 10.4 Å². The van der Waals surface area contributed by atoms with E-state index in [9.17, 15) is 13.2 Å². The summed E-state index contributed by atoms with van der Waals surface area (Å²) >= 11 is 0.938. The van der Waals surface area contributed by atoms with Crippen LogP contribution in [0.1, 0.15) is 22.7 Å². The third-order valence-corrected chi connectivity index (χ3v) is 6.93. The minimum atomic E-state index is -4.07. The smallest absolute Gasteiger partial charge is 0.247 e. The molecule has 0 spiro atoms. The van der Waals surface area contributed by atoms with Crippen LogP contribution in [0.15, 0.2) is 71.6 Å². The molecule has 0 saturated heterocycles. The zero-order valence-corrected chi connectivity index (χ0v) is 18.5. The molecule has 31 heavy (non-hydrogen) atoms. The number of amides is 1. The Bertz CT molecular complexity index is 1330. The maximum absolute atomic E-state index is 13.3. The Labute approximate surface area is 184 Å². The van der Waals surface area contributed by atoms with E-state index in [2.05, 4.69) is 18.8 Å². The fourth-order valence-electron chi connectivity index (χ4n) is 3.34. The van der Waals surface area contributed by atoms with Crippen LogP contribution in [-0.2, 0) is 14.8 Å². The Morgan fingerprint density at radius 3 is 2.29 bits per heavy atom. The van der Waals surface area contributed by atoms with E-state index >= 15 is 0 Å². The number of aromatic nitrogens is 2. The molecular formula is C22H20N4O3S2. The maximum Gasteiger partial charge on any atom is 0.247 e. The lowest BCUT2D eigenvalue weighted by molar-refractivity contribution is -0.117. The molecule has 1 amide bonds. The van der Waals surface area contributed by atoms with Gasteiger partial charge in [-0.2, -0.15) is 13.5 Å². The van der Waals surface area contributed by atoms with Crippen LogP contribution in [0.2, 0.25) is 0 Å². The molecule has 0 unspecified atom stereocenters. The average molecular weight is 453 g/mol. The van der Waals surface area contributed by atoms with Gasteiger partial charge in [-0.3, -0.25) is 4.79 Å². The summed E-state index contributed by atoms with van der Waals surface area (Å²) in [6.07, 6.45) is 0. The Hall–Kier alpha value is -3.14. The summed E-state index contributed by atoms with van der Waals surface area (Å²) in [4.78, 5) is 13.3. The van der Waals surface area contributed by atoms with Crippen molar-refractivity contribution in [3.63, 3.8) is 0 Å². The van der Waals surface area contributed by atoms with Crippen LogP contribution in [0.5, 0.6) is 0 Å². The number of nitrogens with zero attached hydrogens (tertiary/aromatic N) is 2. The molecule has 0 bridgehead atoms. The van der Waals surface area contributed by atoms with Crippen molar-refractivity contribution in [2.24, 2.45) is 0 Å². The van der Waals surface area contributed by atoms with E-state index in [1.807, 2.05) is 32.0 Å². The van der Waals surface area contributed by atoms with E-state index in [4.69, 9.17) is 0 Å². The van der Waals surface area contributed by atoms with Gasteiger partial charge < -0.3 is 5.32 Å². The summed E-state index contributed by atoms with van der Waals surface area (Å²) in [5, 5.41) is 2.89. The van der Waals surface area contributed by atoms with Crippen molar-refractivity contribution in [1.29, 1.82) is 0 Å². The zero-order valence-electron chi connectivity index (χ0n) is 16.9. The second kappa shape index (κ2) is 8.54. The van der Waals surface area contributed by atoms with E-state index in [1.165, 1.54) is 6.07 Å². The Morgan fingerprint density at radius 2 is 1.58 bits per heavy atom. The fourth-order valence-corrected chi connectivity index (χ4v) is 5.29. The van der Waals surface area contributed by atoms with Gasteiger partial charge in [0.1, 0.15) is 22.0 Å². The first-order valence-corrected chi connectivity index (χ1v) is 11.7. The molecule has 1 aromatic heterocycles. The summed E-state index contributed by atoms with van der Waals surface area (Å²) in [6, 6.07) is 18.0. The second-order valence-electron chi connectivity index (χ2n) is 7.11. The molecule has 2 N–H and O–H groups in total. The summed E-state index contributed by atoms with van der Waals surface area (Å²) < 4.78 is 37.3. The van der Waals surface area contributed by atoms with Crippen LogP contribution in [0, 0.1) is 13.8 Å². The number of fused-ring (bicyclic) bond motifs is 1. The number of nitrogens with one attached hydrogen (secondary N) is 2. The number of hydrogen-bond acceptors (Lipinski definition) is 6. The van der Waals surface area contributed by atoms with Gasteiger partial charge in [-0.25, -0.2) is 8.42 Å². The van der Waals surface area contributed by atoms with Gasteiger partial charge in [0.2, 0.25) is 15.9 Å². The predicted molar refractivity (Wildman–Crippen MR) is 121 cm³/mol. The SMILES string of the molecule is Cc1cccc(C)c1NC(=O)[C@@H](NS(=O)(=O)c1cccc2nsnc12)c1ccccc1. The summed E-state index contributed by atoms with van der Waals surface area (Å²) in [5.41, 5.74) is 3.74. The predicted octanol–water partition coefficient (Wildman–Crippen LogP) is 3.97. The number of sulfonamides is 1. The van der Waals surface area contributed by atoms with Crippen molar-refractivity contribution in [3.8, 4) is 0 Å². The van der Waals surface area contributed by atoms with E-state index in [0.29, 0.717) is 16.8 Å². The highest BCUT2D eigenvalue weighted by molar-refractivity contribution is 7.89. The van der Waals surface area contributed by atoms with Gasteiger partial charge >= 0.3 is 0 Å². The molecule has 0 saturated carbocycles. The highest BCUT2D eigenvalue weighted by Crippen LogP contribution is 2.26. The third-order valence-electron chi connectivity index (χ3n) is 4.94. The molecule has 1 heterocycles. The number of carbonyl (C=O) groups excluding carboxylic acids is 1. The van der Waals surface area contributed by atoms with Gasteiger partial charge in [0.15, 0.2) is 0 Å². The van der Waals surface area contributed by atoms with Crippen LogP contribution in [0.3, 0.4) is 0 Å². The molecule has 0 radical (unpaired) electrons. The first kappa shape index (κ1) is 21.1. The summed E-state index contributed by atoms with van der Waals surface area (Å²) in [7, 11) is -4.07. The largest absolute Gasteiger partial charge is 0.324 e. The van der Waals surface area contributed by atoms with Gasteiger partial charge in [0.05, 0.1) is 11.7 Å². The highest BCUT2D eigenvalue weighted by atomic mass is 32.2. The Morgan fingerprint density at radius 1 is 0.903 bits per heavy atom. The zero-order chi connectivity index (χ0) is 22.0. The minimum absolute atomic E-state index is 0.0143. The van der Waals surface area contributed by atoms with Crippen molar-refractivity contribution in [2.75, 3.05) is 5.32 Å². The molecule has 0 fully saturated rings. The van der Waals surface area contributed by atoms with Gasteiger partial charge in [-0.15, -0.1) is 0 Å². The number of para-hydroxylation sites is 1. The number of benzene rings is 3. The molecule has 0 aliphatic carbocycles. The van der Waals surface area contributed by atoms with Crippen molar-refractivity contribution < 1.29 is 13.2 Å². The maximum atomic E-state index is 13.3. The van der Waals surface area contributed by atoms with Gasteiger partial charge in [0.25, 0.3) is 0 Å². The van der Waals surface area contributed by atoms with E-state index < -0.39 is 22.0 Å². The fraction of sp³-hybridized carbons (Fsp3) is 0.136. The van der Waals surface area contributed by atoms with Crippen LogP contribution in [-0.4, -0.2) is 23.1 Å². The number of hydrogen-bond donors (Lipinski definition) is 2. The lowest BCUT2D eigenvalue weighted by Gasteiger charge is -2.20. The lowest BCUT2D eigenvalue weighted by atomic mass is 10.1. The molecule has 4 rings (SSSR count). The molecule has 4 aromatic rings. The normalized spacial score (nSPS) is 12.6. The topological polar surface area (TPSA) is 101 Å².